The van der Waals surface area contributed by atoms with Crippen molar-refractivity contribution in [1.29, 1.82) is 0 Å². The average molecular weight is 364 g/mol. The lowest BCUT2D eigenvalue weighted by atomic mass is 10.3. The number of halogens is 1. The minimum atomic E-state index is -0.190. The number of aryl methyl sites for hydroxylation is 1. The van der Waals surface area contributed by atoms with E-state index in [1.54, 1.807) is 35.6 Å². The Balaban J connectivity index is 1.74. The molecule has 3 rings (SSSR count). The highest BCUT2D eigenvalue weighted by atomic mass is 35.5. The van der Waals surface area contributed by atoms with Gasteiger partial charge in [-0.1, -0.05) is 23.4 Å². The van der Waals surface area contributed by atoms with Gasteiger partial charge in [-0.25, -0.2) is 0 Å². The maximum Gasteiger partial charge on any atom is 0.255 e. The summed E-state index contributed by atoms with van der Waals surface area (Å²) in [5.41, 5.74) is 1.83. The van der Waals surface area contributed by atoms with E-state index in [2.05, 4.69) is 20.5 Å². The van der Waals surface area contributed by atoms with Crippen LogP contribution >= 0.6 is 23.4 Å². The largest absolute Gasteiger partial charge is 0.325 e. The van der Waals surface area contributed by atoms with E-state index in [0.717, 1.165) is 5.69 Å². The van der Waals surface area contributed by atoms with Gasteiger partial charge in [0.2, 0.25) is 11.7 Å². The van der Waals surface area contributed by atoms with Crippen LogP contribution in [0.25, 0.3) is 5.78 Å². The number of amides is 1. The van der Waals surface area contributed by atoms with E-state index < -0.39 is 0 Å². The smallest absolute Gasteiger partial charge is 0.255 e. The summed E-state index contributed by atoms with van der Waals surface area (Å²) in [4.78, 5) is 26.5. The van der Waals surface area contributed by atoms with E-state index in [0.29, 0.717) is 27.2 Å². The highest BCUT2D eigenvalue weighted by Crippen LogP contribution is 2.19. The number of hydrogen-bond donors (Lipinski definition) is 2. The Bertz CT molecular complexity index is 964. The summed E-state index contributed by atoms with van der Waals surface area (Å²) < 4.78 is 1.73. The van der Waals surface area contributed by atoms with Gasteiger partial charge in [0.05, 0.1) is 5.75 Å². The van der Waals surface area contributed by atoms with Crippen LogP contribution in [0, 0.1) is 13.8 Å². The Kier molecular flexibility index (Phi) is 4.59. The molecule has 0 spiro atoms. The number of benzene rings is 1. The number of H-pyrrole nitrogens is 1. The van der Waals surface area contributed by atoms with Crippen molar-refractivity contribution < 1.29 is 4.79 Å². The first-order valence-corrected chi connectivity index (χ1v) is 8.45. The number of thioether (sulfide) groups is 1. The third kappa shape index (κ3) is 3.29. The summed E-state index contributed by atoms with van der Waals surface area (Å²) in [6.07, 6.45) is 0. The lowest BCUT2D eigenvalue weighted by Gasteiger charge is -2.06. The van der Waals surface area contributed by atoms with E-state index >= 15 is 0 Å². The summed E-state index contributed by atoms with van der Waals surface area (Å²) in [6, 6.07) is 6.88. The van der Waals surface area contributed by atoms with Crippen LogP contribution in [0.2, 0.25) is 5.02 Å². The molecule has 0 aliphatic heterocycles. The zero-order valence-corrected chi connectivity index (χ0v) is 14.5. The lowest BCUT2D eigenvalue weighted by Crippen LogP contribution is -2.16. The topological polar surface area (TPSA) is 92.2 Å². The van der Waals surface area contributed by atoms with E-state index in [4.69, 9.17) is 11.6 Å². The average Bonchev–Trinajstić information content (AvgIpc) is 2.96. The van der Waals surface area contributed by atoms with Gasteiger partial charge in [-0.05, 0) is 38.1 Å². The van der Waals surface area contributed by atoms with Gasteiger partial charge in [0, 0.05) is 22.0 Å². The highest BCUT2D eigenvalue weighted by Gasteiger charge is 2.14. The van der Waals surface area contributed by atoms with Crippen molar-refractivity contribution in [3.8, 4) is 0 Å². The molecule has 1 aromatic carbocycles. The van der Waals surface area contributed by atoms with Gasteiger partial charge in [0.1, 0.15) is 0 Å². The van der Waals surface area contributed by atoms with E-state index in [9.17, 15) is 9.59 Å². The minimum absolute atomic E-state index is 0.168. The van der Waals surface area contributed by atoms with Crippen molar-refractivity contribution in [3.05, 3.63) is 50.9 Å². The Labute approximate surface area is 146 Å². The zero-order chi connectivity index (χ0) is 17.3. The second-order valence-electron chi connectivity index (χ2n) is 5.15. The molecule has 2 aromatic heterocycles. The van der Waals surface area contributed by atoms with E-state index in [-0.39, 0.29) is 17.2 Å². The molecule has 0 unspecified atom stereocenters. The fourth-order valence-electron chi connectivity index (χ4n) is 2.13. The molecule has 0 atom stereocenters. The molecule has 0 bridgehead atoms. The molecule has 1 amide bonds. The molecule has 0 aliphatic carbocycles. The molecule has 24 heavy (non-hydrogen) atoms. The van der Waals surface area contributed by atoms with Crippen LogP contribution in [0.3, 0.4) is 0 Å². The molecule has 2 heterocycles. The predicted molar refractivity (Wildman–Crippen MR) is 93.9 cm³/mol. The first-order valence-electron chi connectivity index (χ1n) is 7.08. The zero-order valence-electron chi connectivity index (χ0n) is 13.0. The van der Waals surface area contributed by atoms with Crippen LogP contribution in [0.15, 0.2) is 34.2 Å². The van der Waals surface area contributed by atoms with Crippen LogP contribution in [-0.2, 0) is 4.79 Å². The summed E-state index contributed by atoms with van der Waals surface area (Å²) >= 11 is 7.06. The number of carbonyl (C=O) groups is 1. The highest BCUT2D eigenvalue weighted by molar-refractivity contribution is 7.99. The monoisotopic (exact) mass is 363 g/mol. The van der Waals surface area contributed by atoms with Gasteiger partial charge in [-0.3, -0.25) is 19.0 Å². The van der Waals surface area contributed by atoms with Crippen molar-refractivity contribution in [2.24, 2.45) is 0 Å². The maximum atomic E-state index is 12.1. The molecule has 0 radical (unpaired) electrons. The summed E-state index contributed by atoms with van der Waals surface area (Å²) in [5.74, 6) is 0.364. The number of anilines is 1. The number of aromatic nitrogens is 4. The van der Waals surface area contributed by atoms with Crippen LogP contribution < -0.4 is 10.9 Å². The second-order valence-corrected chi connectivity index (χ2v) is 6.53. The molecular weight excluding hydrogens is 350 g/mol. The molecule has 0 saturated carbocycles. The van der Waals surface area contributed by atoms with Crippen LogP contribution in [0.4, 0.5) is 5.69 Å². The fraction of sp³-hybridized carbons (Fsp3) is 0.200. The van der Waals surface area contributed by atoms with Gasteiger partial charge in [0.25, 0.3) is 5.56 Å². The fourth-order valence-corrected chi connectivity index (χ4v) is 3.04. The molecule has 0 saturated heterocycles. The molecule has 7 nitrogen and oxygen atoms in total. The first-order chi connectivity index (χ1) is 11.5. The lowest BCUT2D eigenvalue weighted by molar-refractivity contribution is -0.113. The Hall–Kier alpha value is -2.32. The van der Waals surface area contributed by atoms with E-state index in [1.165, 1.54) is 11.8 Å². The first kappa shape index (κ1) is 16.5. The van der Waals surface area contributed by atoms with Gasteiger partial charge in [0.15, 0.2) is 5.16 Å². The molecule has 0 aliphatic rings. The van der Waals surface area contributed by atoms with Crippen molar-refractivity contribution in [2.45, 2.75) is 19.0 Å². The van der Waals surface area contributed by atoms with Gasteiger partial charge in [-0.2, -0.15) is 0 Å². The number of rotatable bonds is 4. The molecular formula is C15H14ClN5O2S. The molecule has 9 heteroatoms. The quantitative estimate of drug-likeness (QED) is 0.694. The van der Waals surface area contributed by atoms with Crippen LogP contribution in [-0.4, -0.2) is 31.2 Å². The molecule has 124 valence electrons. The Morgan fingerprint density at radius 1 is 1.29 bits per heavy atom. The number of nitrogens with one attached hydrogen (secondary N) is 2. The second kappa shape index (κ2) is 6.66. The number of fused-ring (bicyclic) bond motifs is 1. The van der Waals surface area contributed by atoms with Gasteiger partial charge in [-0.15, -0.1) is 10.2 Å². The van der Waals surface area contributed by atoms with Gasteiger partial charge >= 0.3 is 0 Å². The number of hydrogen-bond acceptors (Lipinski definition) is 5. The van der Waals surface area contributed by atoms with Crippen molar-refractivity contribution >= 4 is 40.7 Å². The van der Waals surface area contributed by atoms with Crippen molar-refractivity contribution in [2.75, 3.05) is 11.1 Å². The third-order valence-corrected chi connectivity index (χ3v) is 4.72. The normalized spacial score (nSPS) is 11.0. The van der Waals surface area contributed by atoms with E-state index in [1.807, 2.05) is 6.92 Å². The van der Waals surface area contributed by atoms with Crippen molar-refractivity contribution in [3.63, 3.8) is 0 Å². The standard InChI is InChI=1S/C15H14ClN5O2S/c1-8-9(2)21-14(18-13(8)23)19-20-15(21)24-7-12(22)17-11-5-3-10(16)4-6-11/h3-6H,7H2,1-2H3,(H,17,22)(H,18,19,23). The van der Waals surface area contributed by atoms with Crippen LogP contribution in [0.1, 0.15) is 11.3 Å². The molecule has 3 aromatic rings. The van der Waals surface area contributed by atoms with Crippen molar-refractivity contribution in [1.82, 2.24) is 19.6 Å². The minimum Gasteiger partial charge on any atom is -0.325 e. The summed E-state index contributed by atoms with van der Waals surface area (Å²) in [6.45, 7) is 3.55. The van der Waals surface area contributed by atoms with Gasteiger partial charge < -0.3 is 5.32 Å². The number of nitrogens with zero attached hydrogens (tertiary/aromatic N) is 3. The summed E-state index contributed by atoms with van der Waals surface area (Å²) in [7, 11) is 0. The molecule has 0 fully saturated rings. The predicted octanol–water partition coefficient (Wildman–Crippen LogP) is 2.42. The maximum absolute atomic E-state index is 12.1. The third-order valence-electron chi connectivity index (χ3n) is 3.54. The van der Waals surface area contributed by atoms with Crippen LogP contribution in [0.5, 0.6) is 0 Å². The Morgan fingerprint density at radius 3 is 2.71 bits per heavy atom. The number of aromatic amines is 1. The summed E-state index contributed by atoms with van der Waals surface area (Å²) in [5, 5.41) is 11.9. The Morgan fingerprint density at radius 2 is 2.00 bits per heavy atom. The SMILES string of the molecule is Cc1c(C)n2c(SCC(=O)Nc3ccc(Cl)cc3)nnc2[nH]c1=O. The molecule has 2 N–H and O–H groups in total. The number of carbonyl (C=O) groups excluding carboxylic acids is 1.